The molecule has 0 saturated heterocycles. The molecular formula is C35H33I2N3O3. The number of aryl methyl sites for hydroxylation is 2. The maximum Gasteiger partial charge on any atom is 0.282 e. The summed E-state index contributed by atoms with van der Waals surface area (Å²) in [6, 6.07) is 23.8. The largest absolute Gasteiger partial charge is 0.494 e. The summed E-state index contributed by atoms with van der Waals surface area (Å²) in [5.41, 5.74) is 6.45. The normalized spacial score (nSPS) is 11.5. The van der Waals surface area contributed by atoms with Crippen LogP contribution in [0.3, 0.4) is 0 Å². The summed E-state index contributed by atoms with van der Waals surface area (Å²) in [6.07, 6.45) is 1.71. The molecule has 1 aromatic heterocycles. The van der Waals surface area contributed by atoms with Gasteiger partial charge in [0.25, 0.3) is 5.56 Å². The lowest BCUT2D eigenvalue weighted by Crippen LogP contribution is -2.21. The van der Waals surface area contributed by atoms with Crippen molar-refractivity contribution >= 4 is 62.3 Å². The number of benzene rings is 4. The van der Waals surface area contributed by atoms with Gasteiger partial charge in [-0.2, -0.15) is 9.78 Å². The molecule has 0 spiro atoms. The molecule has 0 aliphatic rings. The van der Waals surface area contributed by atoms with Crippen LogP contribution >= 0.6 is 45.2 Å². The summed E-state index contributed by atoms with van der Waals surface area (Å²) >= 11 is 4.58. The molecule has 220 valence electrons. The number of ether oxygens (including phenoxy) is 2. The zero-order valence-corrected chi connectivity index (χ0v) is 29.1. The molecule has 0 radical (unpaired) electrons. The molecule has 4 aromatic carbocycles. The number of hydrogen-bond acceptors (Lipinski definition) is 5. The van der Waals surface area contributed by atoms with Crippen molar-refractivity contribution in [3.63, 3.8) is 0 Å². The van der Waals surface area contributed by atoms with Crippen molar-refractivity contribution in [3.8, 4) is 22.9 Å². The van der Waals surface area contributed by atoms with Crippen LogP contribution in [0.2, 0.25) is 0 Å². The van der Waals surface area contributed by atoms with E-state index in [4.69, 9.17) is 19.6 Å². The number of para-hydroxylation sites is 1. The predicted molar refractivity (Wildman–Crippen MR) is 192 cm³/mol. The minimum atomic E-state index is -0.223. The van der Waals surface area contributed by atoms with Crippen molar-refractivity contribution in [2.45, 2.75) is 47.1 Å². The summed E-state index contributed by atoms with van der Waals surface area (Å²) in [5, 5.41) is 5.24. The Morgan fingerprint density at radius 3 is 2.40 bits per heavy atom. The fourth-order valence-corrected chi connectivity index (χ4v) is 7.08. The summed E-state index contributed by atoms with van der Waals surface area (Å²) < 4.78 is 15.5. The fourth-order valence-electron chi connectivity index (χ4n) is 4.95. The molecule has 5 rings (SSSR count). The van der Waals surface area contributed by atoms with Gasteiger partial charge in [0.1, 0.15) is 18.1 Å². The molecule has 0 aliphatic heterocycles. The van der Waals surface area contributed by atoms with E-state index >= 15 is 0 Å². The molecule has 0 bridgehead atoms. The molecule has 43 heavy (non-hydrogen) atoms. The Morgan fingerprint density at radius 1 is 0.953 bits per heavy atom. The van der Waals surface area contributed by atoms with Crippen LogP contribution in [0.1, 0.15) is 54.5 Å². The van der Waals surface area contributed by atoms with E-state index in [1.54, 1.807) is 12.3 Å². The lowest BCUT2D eigenvalue weighted by Gasteiger charge is -2.18. The Bertz CT molecular complexity index is 1870. The molecule has 0 fully saturated rings. The van der Waals surface area contributed by atoms with Crippen LogP contribution in [0, 0.1) is 21.0 Å². The highest BCUT2D eigenvalue weighted by molar-refractivity contribution is 14.1. The van der Waals surface area contributed by atoms with Crippen LogP contribution in [-0.2, 0) is 6.61 Å². The highest BCUT2D eigenvalue weighted by Gasteiger charge is 2.19. The van der Waals surface area contributed by atoms with Gasteiger partial charge in [0.05, 0.1) is 30.9 Å². The Labute approximate surface area is 279 Å². The van der Waals surface area contributed by atoms with E-state index in [1.165, 1.54) is 10.2 Å². The van der Waals surface area contributed by atoms with Gasteiger partial charge in [-0.15, -0.1) is 0 Å². The second kappa shape index (κ2) is 13.6. The first-order chi connectivity index (χ1) is 20.7. The van der Waals surface area contributed by atoms with Gasteiger partial charge in [-0.05, 0) is 131 Å². The maximum absolute atomic E-state index is 13.8. The van der Waals surface area contributed by atoms with Gasteiger partial charge >= 0.3 is 0 Å². The van der Waals surface area contributed by atoms with Crippen LogP contribution in [-0.4, -0.2) is 22.5 Å². The third-order valence-corrected chi connectivity index (χ3v) is 8.68. The number of fused-ring (bicyclic) bond motifs is 1. The van der Waals surface area contributed by atoms with Crippen LogP contribution < -0.4 is 15.0 Å². The second-order valence-corrected chi connectivity index (χ2v) is 13.0. The van der Waals surface area contributed by atoms with E-state index in [0.29, 0.717) is 29.9 Å². The standard InChI is InChI=1S/C35H33I2N3O3/c1-6-42-32-15-23(5)28(18-27(32)21(2)3)34-39-31-13-8-7-12-26(31)35(41)40(34)38-19-25-16-29(36)33(30(37)17-25)43-20-24-11-9-10-22(4)14-24/h7-19,21H,6,20H2,1-5H3. The van der Waals surface area contributed by atoms with E-state index in [-0.39, 0.29) is 11.5 Å². The monoisotopic (exact) mass is 797 g/mol. The first-order valence-electron chi connectivity index (χ1n) is 14.2. The van der Waals surface area contributed by atoms with Gasteiger partial charge in [-0.25, -0.2) is 4.98 Å². The average Bonchev–Trinajstić information content (AvgIpc) is 2.96. The molecule has 8 heteroatoms. The number of aromatic nitrogens is 2. The van der Waals surface area contributed by atoms with Crippen molar-refractivity contribution < 1.29 is 9.47 Å². The first-order valence-corrected chi connectivity index (χ1v) is 16.3. The Kier molecular flexibility index (Phi) is 9.85. The SMILES string of the molecule is CCOc1cc(C)c(-c2nc3ccccc3c(=O)n2N=Cc2cc(I)c(OCc3cccc(C)c3)c(I)c2)cc1C(C)C. The number of halogens is 2. The Balaban J connectivity index is 1.57. The number of hydrogen-bond donors (Lipinski definition) is 0. The highest BCUT2D eigenvalue weighted by atomic mass is 127. The third-order valence-electron chi connectivity index (χ3n) is 7.08. The number of nitrogens with zero attached hydrogens (tertiary/aromatic N) is 3. The topological polar surface area (TPSA) is 65.7 Å². The molecule has 0 saturated carbocycles. The molecule has 1 heterocycles. The van der Waals surface area contributed by atoms with Gasteiger partial charge in [-0.1, -0.05) is 55.8 Å². The van der Waals surface area contributed by atoms with Crippen molar-refractivity contribution in [2.75, 3.05) is 6.61 Å². The van der Waals surface area contributed by atoms with Gasteiger partial charge in [0.2, 0.25) is 0 Å². The Morgan fingerprint density at radius 2 is 1.70 bits per heavy atom. The highest BCUT2D eigenvalue weighted by Crippen LogP contribution is 2.34. The van der Waals surface area contributed by atoms with Crippen molar-refractivity contribution in [1.82, 2.24) is 9.66 Å². The summed E-state index contributed by atoms with van der Waals surface area (Å²) in [7, 11) is 0. The molecule has 0 aliphatic carbocycles. The third kappa shape index (κ3) is 6.95. The van der Waals surface area contributed by atoms with E-state index in [2.05, 4.69) is 90.2 Å². The number of rotatable bonds is 9. The van der Waals surface area contributed by atoms with Crippen molar-refractivity contribution in [1.29, 1.82) is 0 Å². The zero-order valence-electron chi connectivity index (χ0n) is 24.8. The first kappa shape index (κ1) is 31.2. The average molecular weight is 797 g/mol. The predicted octanol–water partition coefficient (Wildman–Crippen LogP) is 8.87. The molecule has 0 amide bonds. The van der Waals surface area contributed by atoms with E-state index in [9.17, 15) is 4.79 Å². The lowest BCUT2D eigenvalue weighted by molar-refractivity contribution is 0.301. The zero-order chi connectivity index (χ0) is 30.7. The summed E-state index contributed by atoms with van der Waals surface area (Å²) in [4.78, 5) is 18.8. The van der Waals surface area contributed by atoms with Gasteiger partial charge < -0.3 is 9.47 Å². The molecular weight excluding hydrogens is 764 g/mol. The molecule has 0 unspecified atom stereocenters. The smallest absolute Gasteiger partial charge is 0.282 e. The van der Waals surface area contributed by atoms with Crippen LogP contribution in [0.15, 0.2) is 82.7 Å². The van der Waals surface area contributed by atoms with Gasteiger partial charge in [0.15, 0.2) is 5.82 Å². The van der Waals surface area contributed by atoms with E-state index < -0.39 is 0 Å². The Hall–Kier alpha value is -3.25. The molecule has 0 N–H and O–H groups in total. The molecule has 6 nitrogen and oxygen atoms in total. The fraction of sp³-hybridized carbons (Fsp3) is 0.229. The summed E-state index contributed by atoms with van der Waals surface area (Å²) in [6.45, 7) is 11.4. The lowest BCUT2D eigenvalue weighted by atomic mass is 9.96. The second-order valence-electron chi connectivity index (χ2n) is 10.7. The van der Waals surface area contributed by atoms with Gasteiger partial charge in [0, 0.05) is 5.56 Å². The van der Waals surface area contributed by atoms with Crippen molar-refractivity contribution in [2.24, 2.45) is 5.10 Å². The molecule has 5 aromatic rings. The minimum absolute atomic E-state index is 0.223. The van der Waals surface area contributed by atoms with E-state index in [0.717, 1.165) is 46.5 Å². The maximum atomic E-state index is 13.8. The van der Waals surface area contributed by atoms with Crippen LogP contribution in [0.4, 0.5) is 0 Å². The van der Waals surface area contributed by atoms with Gasteiger partial charge in [-0.3, -0.25) is 4.79 Å². The quantitative estimate of drug-likeness (QED) is 0.111. The minimum Gasteiger partial charge on any atom is -0.494 e. The van der Waals surface area contributed by atoms with Crippen LogP contribution in [0.5, 0.6) is 11.5 Å². The van der Waals surface area contributed by atoms with Crippen LogP contribution in [0.25, 0.3) is 22.3 Å². The summed E-state index contributed by atoms with van der Waals surface area (Å²) in [5.74, 6) is 2.40. The van der Waals surface area contributed by atoms with E-state index in [1.807, 2.05) is 56.3 Å². The van der Waals surface area contributed by atoms with Crippen molar-refractivity contribution in [3.05, 3.63) is 118 Å². The molecule has 0 atom stereocenters.